The molecule has 1 aliphatic rings. The lowest BCUT2D eigenvalue weighted by Gasteiger charge is -2.13. The van der Waals surface area contributed by atoms with E-state index in [9.17, 15) is 4.39 Å². The molecule has 3 heteroatoms. The fourth-order valence-corrected chi connectivity index (χ4v) is 1.58. The number of rotatable bonds is 1. The molecule has 0 saturated heterocycles. The van der Waals surface area contributed by atoms with E-state index in [-0.39, 0.29) is 5.82 Å². The van der Waals surface area contributed by atoms with Crippen molar-refractivity contribution >= 4 is 5.57 Å². The van der Waals surface area contributed by atoms with Gasteiger partial charge in [0.25, 0.3) is 0 Å². The fraction of sp³-hybridized carbons (Fsp3) is 0.364. The van der Waals surface area contributed by atoms with Gasteiger partial charge in [-0.25, -0.2) is 4.39 Å². The smallest absolute Gasteiger partial charge is 0.144 e. The highest BCUT2D eigenvalue weighted by Gasteiger charge is 2.08. The Morgan fingerprint density at radius 3 is 2.93 bits per heavy atom. The van der Waals surface area contributed by atoms with Gasteiger partial charge in [0, 0.05) is 6.54 Å². The van der Waals surface area contributed by atoms with Crippen LogP contribution in [0.5, 0.6) is 0 Å². The van der Waals surface area contributed by atoms with E-state index >= 15 is 0 Å². The average molecular weight is 192 g/mol. The minimum atomic E-state index is -0.233. The van der Waals surface area contributed by atoms with Crippen LogP contribution in [-0.4, -0.2) is 18.1 Å². The minimum Gasteiger partial charge on any atom is -0.313 e. The van der Waals surface area contributed by atoms with E-state index in [0.717, 1.165) is 25.2 Å². The summed E-state index contributed by atoms with van der Waals surface area (Å²) in [5.74, 6) is -0.233. The summed E-state index contributed by atoms with van der Waals surface area (Å²) in [5, 5.41) is 3.23. The van der Waals surface area contributed by atoms with Crippen LogP contribution in [0, 0.1) is 12.7 Å². The first kappa shape index (κ1) is 9.34. The molecular formula is C11H13FN2. The van der Waals surface area contributed by atoms with Crippen LogP contribution in [0.1, 0.15) is 17.8 Å². The number of nitrogens with zero attached hydrogens (tertiary/aromatic N) is 1. The Bertz CT molecular complexity index is 372. The molecule has 0 aromatic carbocycles. The number of pyridine rings is 1. The second-order valence-electron chi connectivity index (χ2n) is 3.45. The van der Waals surface area contributed by atoms with Gasteiger partial charge in [-0.15, -0.1) is 0 Å². The normalized spacial score (nSPS) is 16.6. The van der Waals surface area contributed by atoms with Crippen molar-refractivity contribution in [2.75, 3.05) is 13.1 Å². The van der Waals surface area contributed by atoms with Crippen molar-refractivity contribution in [1.82, 2.24) is 10.3 Å². The highest BCUT2D eigenvalue weighted by molar-refractivity contribution is 5.63. The SMILES string of the molecule is Cc1nc(C2=CCNCC2)ccc1F. The van der Waals surface area contributed by atoms with Crippen LogP contribution in [0.25, 0.3) is 5.57 Å². The van der Waals surface area contributed by atoms with Gasteiger partial charge >= 0.3 is 0 Å². The molecule has 14 heavy (non-hydrogen) atoms. The average Bonchev–Trinajstić information content (AvgIpc) is 2.23. The molecule has 1 aromatic heterocycles. The van der Waals surface area contributed by atoms with Gasteiger partial charge in [-0.2, -0.15) is 0 Å². The number of aromatic nitrogens is 1. The summed E-state index contributed by atoms with van der Waals surface area (Å²) in [7, 11) is 0. The lowest BCUT2D eigenvalue weighted by atomic mass is 10.1. The molecule has 0 fully saturated rings. The third-order valence-electron chi connectivity index (χ3n) is 2.41. The zero-order valence-electron chi connectivity index (χ0n) is 8.18. The van der Waals surface area contributed by atoms with E-state index in [1.807, 2.05) is 0 Å². The maximum absolute atomic E-state index is 13.0. The van der Waals surface area contributed by atoms with Gasteiger partial charge in [-0.05, 0) is 37.6 Å². The minimum absolute atomic E-state index is 0.233. The van der Waals surface area contributed by atoms with Gasteiger partial charge in [-0.1, -0.05) is 6.08 Å². The summed E-state index contributed by atoms with van der Waals surface area (Å²) < 4.78 is 13.0. The summed E-state index contributed by atoms with van der Waals surface area (Å²) in [6.07, 6.45) is 3.08. The summed E-state index contributed by atoms with van der Waals surface area (Å²) in [6, 6.07) is 3.24. The van der Waals surface area contributed by atoms with Gasteiger partial charge in [0.2, 0.25) is 0 Å². The molecule has 0 bridgehead atoms. The molecule has 2 nitrogen and oxygen atoms in total. The first-order valence-corrected chi connectivity index (χ1v) is 4.80. The maximum atomic E-state index is 13.0. The fourth-order valence-electron chi connectivity index (χ4n) is 1.58. The molecular weight excluding hydrogens is 179 g/mol. The van der Waals surface area contributed by atoms with E-state index in [1.54, 1.807) is 13.0 Å². The van der Waals surface area contributed by atoms with Crippen LogP contribution in [0.3, 0.4) is 0 Å². The Balaban J connectivity index is 2.32. The Labute approximate surface area is 82.9 Å². The van der Waals surface area contributed by atoms with Crippen molar-refractivity contribution in [1.29, 1.82) is 0 Å². The van der Waals surface area contributed by atoms with Crippen molar-refractivity contribution in [3.05, 3.63) is 35.4 Å². The summed E-state index contributed by atoms with van der Waals surface area (Å²) in [6.45, 7) is 3.55. The standard InChI is InChI=1S/C11H13FN2/c1-8-10(12)2-3-11(14-8)9-4-6-13-7-5-9/h2-4,13H,5-7H2,1H3. The monoisotopic (exact) mass is 192 g/mol. The Hall–Kier alpha value is -1.22. The number of aryl methyl sites for hydroxylation is 1. The van der Waals surface area contributed by atoms with Gasteiger partial charge in [0.1, 0.15) is 5.82 Å². The molecule has 0 spiro atoms. The lowest BCUT2D eigenvalue weighted by Crippen LogP contribution is -2.20. The van der Waals surface area contributed by atoms with Gasteiger partial charge in [0.05, 0.1) is 11.4 Å². The molecule has 0 amide bonds. The number of nitrogens with one attached hydrogen (secondary N) is 1. The zero-order chi connectivity index (χ0) is 9.97. The molecule has 1 aromatic rings. The Morgan fingerprint density at radius 1 is 1.43 bits per heavy atom. The van der Waals surface area contributed by atoms with E-state index in [1.165, 1.54) is 11.6 Å². The van der Waals surface area contributed by atoms with Crippen LogP contribution >= 0.6 is 0 Å². The first-order chi connectivity index (χ1) is 6.77. The van der Waals surface area contributed by atoms with Crippen LogP contribution in [0.15, 0.2) is 18.2 Å². The van der Waals surface area contributed by atoms with Crippen molar-refractivity contribution < 1.29 is 4.39 Å². The van der Waals surface area contributed by atoms with E-state index in [4.69, 9.17) is 0 Å². The molecule has 0 aliphatic carbocycles. The topological polar surface area (TPSA) is 24.9 Å². The number of hydrogen-bond donors (Lipinski definition) is 1. The third kappa shape index (κ3) is 1.82. The molecule has 0 unspecified atom stereocenters. The quantitative estimate of drug-likeness (QED) is 0.735. The maximum Gasteiger partial charge on any atom is 0.144 e. The summed E-state index contributed by atoms with van der Waals surface area (Å²) in [4.78, 5) is 4.23. The molecule has 2 rings (SSSR count). The van der Waals surface area contributed by atoms with Crippen molar-refractivity contribution in [2.24, 2.45) is 0 Å². The van der Waals surface area contributed by atoms with E-state index in [0.29, 0.717) is 5.69 Å². The number of halogens is 1. The first-order valence-electron chi connectivity index (χ1n) is 4.80. The lowest BCUT2D eigenvalue weighted by molar-refractivity contribution is 0.609. The second-order valence-corrected chi connectivity index (χ2v) is 3.45. The molecule has 0 radical (unpaired) electrons. The van der Waals surface area contributed by atoms with E-state index in [2.05, 4.69) is 16.4 Å². The second kappa shape index (κ2) is 3.88. The molecule has 0 saturated carbocycles. The third-order valence-corrected chi connectivity index (χ3v) is 2.41. The Kier molecular flexibility index (Phi) is 2.59. The zero-order valence-corrected chi connectivity index (χ0v) is 8.18. The van der Waals surface area contributed by atoms with Crippen LogP contribution in [0.2, 0.25) is 0 Å². The van der Waals surface area contributed by atoms with Crippen LogP contribution < -0.4 is 5.32 Å². The van der Waals surface area contributed by atoms with Crippen LogP contribution in [0.4, 0.5) is 4.39 Å². The summed E-state index contributed by atoms with van der Waals surface area (Å²) >= 11 is 0. The largest absolute Gasteiger partial charge is 0.313 e. The van der Waals surface area contributed by atoms with Crippen molar-refractivity contribution in [3.8, 4) is 0 Å². The van der Waals surface area contributed by atoms with Gasteiger partial charge < -0.3 is 5.32 Å². The molecule has 1 N–H and O–H groups in total. The van der Waals surface area contributed by atoms with Crippen molar-refractivity contribution in [3.63, 3.8) is 0 Å². The predicted molar refractivity (Wildman–Crippen MR) is 54.4 cm³/mol. The van der Waals surface area contributed by atoms with Gasteiger partial charge in [0.15, 0.2) is 0 Å². The highest BCUT2D eigenvalue weighted by Crippen LogP contribution is 2.18. The van der Waals surface area contributed by atoms with Gasteiger partial charge in [-0.3, -0.25) is 4.98 Å². The van der Waals surface area contributed by atoms with Crippen LogP contribution in [-0.2, 0) is 0 Å². The van der Waals surface area contributed by atoms with Crippen molar-refractivity contribution in [2.45, 2.75) is 13.3 Å². The number of hydrogen-bond acceptors (Lipinski definition) is 2. The highest BCUT2D eigenvalue weighted by atomic mass is 19.1. The molecule has 2 heterocycles. The molecule has 0 atom stereocenters. The predicted octanol–water partition coefficient (Wildman–Crippen LogP) is 1.91. The molecule has 1 aliphatic heterocycles. The van der Waals surface area contributed by atoms with E-state index < -0.39 is 0 Å². The Morgan fingerprint density at radius 2 is 2.29 bits per heavy atom. The molecule has 74 valence electrons. The summed E-state index contributed by atoms with van der Waals surface area (Å²) in [5.41, 5.74) is 2.60.